The van der Waals surface area contributed by atoms with Gasteiger partial charge < -0.3 is 0 Å². The minimum Gasteiger partial charge on any atom is -0.296 e. The molecular formula is C12H10FN3OS. The molecule has 0 bridgehead atoms. The summed E-state index contributed by atoms with van der Waals surface area (Å²) in [5.41, 5.74) is 0.923. The Morgan fingerprint density at radius 1 is 1.44 bits per heavy atom. The molecule has 18 heavy (non-hydrogen) atoms. The van der Waals surface area contributed by atoms with Crippen LogP contribution in [0.25, 0.3) is 0 Å². The highest BCUT2D eigenvalue weighted by atomic mass is 32.1. The fourth-order valence-electron chi connectivity index (χ4n) is 1.90. The van der Waals surface area contributed by atoms with Crippen LogP contribution in [0.15, 0.2) is 24.5 Å². The number of nitrogens with one attached hydrogen (secondary N) is 1. The molecule has 0 radical (unpaired) electrons. The van der Waals surface area contributed by atoms with Gasteiger partial charge in [0, 0.05) is 11.5 Å². The average Bonchev–Trinajstić information content (AvgIpc) is 3.08. The molecule has 1 aromatic heterocycles. The lowest BCUT2D eigenvalue weighted by Gasteiger charge is -2.08. The molecule has 0 unspecified atom stereocenters. The Kier molecular flexibility index (Phi) is 2.79. The third kappa shape index (κ3) is 2.11. The van der Waals surface area contributed by atoms with Crippen molar-refractivity contribution in [1.82, 2.24) is 9.36 Å². The van der Waals surface area contributed by atoms with Gasteiger partial charge in [-0.15, -0.1) is 0 Å². The molecule has 2 aromatic rings. The second-order valence-electron chi connectivity index (χ2n) is 4.18. The second-order valence-corrected chi connectivity index (χ2v) is 4.96. The average molecular weight is 263 g/mol. The molecule has 6 heteroatoms. The molecule has 1 aliphatic carbocycles. The number of amides is 1. The van der Waals surface area contributed by atoms with Crippen LogP contribution in [-0.4, -0.2) is 15.3 Å². The van der Waals surface area contributed by atoms with Crippen molar-refractivity contribution >= 4 is 22.6 Å². The topological polar surface area (TPSA) is 54.9 Å². The Bertz CT molecular complexity index is 581. The first kappa shape index (κ1) is 11.3. The number of hydrogen-bond donors (Lipinski definition) is 1. The maximum atomic E-state index is 13.8. The van der Waals surface area contributed by atoms with Gasteiger partial charge in [0.25, 0.3) is 5.91 Å². The van der Waals surface area contributed by atoms with Crippen molar-refractivity contribution < 1.29 is 9.18 Å². The van der Waals surface area contributed by atoms with Gasteiger partial charge in [-0.05, 0) is 30.4 Å². The number of hydrogen-bond acceptors (Lipinski definition) is 4. The quantitative estimate of drug-likeness (QED) is 0.926. The van der Waals surface area contributed by atoms with Gasteiger partial charge >= 0.3 is 0 Å². The van der Waals surface area contributed by atoms with Crippen LogP contribution in [0.3, 0.4) is 0 Å². The molecule has 1 aliphatic rings. The predicted molar refractivity (Wildman–Crippen MR) is 66.2 cm³/mol. The first-order valence-corrected chi connectivity index (χ1v) is 6.39. The van der Waals surface area contributed by atoms with Crippen LogP contribution >= 0.6 is 11.5 Å². The maximum Gasteiger partial charge on any atom is 0.260 e. The highest BCUT2D eigenvalue weighted by Crippen LogP contribution is 2.42. The van der Waals surface area contributed by atoms with Crippen LogP contribution in [0, 0.1) is 5.82 Å². The van der Waals surface area contributed by atoms with E-state index in [0.29, 0.717) is 11.0 Å². The normalized spacial score (nSPS) is 14.5. The molecule has 92 valence electrons. The molecular weight excluding hydrogens is 253 g/mol. The van der Waals surface area contributed by atoms with Crippen molar-refractivity contribution in [3.63, 3.8) is 0 Å². The lowest BCUT2D eigenvalue weighted by atomic mass is 10.0. The number of benzene rings is 1. The van der Waals surface area contributed by atoms with E-state index in [2.05, 4.69) is 14.7 Å². The van der Waals surface area contributed by atoms with Gasteiger partial charge in [-0.2, -0.15) is 4.37 Å². The van der Waals surface area contributed by atoms with Crippen LogP contribution in [0.1, 0.15) is 34.7 Å². The lowest BCUT2D eigenvalue weighted by molar-refractivity contribution is 0.102. The molecule has 0 spiro atoms. The van der Waals surface area contributed by atoms with Crippen molar-refractivity contribution in [3.8, 4) is 0 Å². The van der Waals surface area contributed by atoms with Crippen molar-refractivity contribution in [3.05, 3.63) is 41.5 Å². The molecule has 1 N–H and O–H groups in total. The van der Waals surface area contributed by atoms with E-state index >= 15 is 0 Å². The van der Waals surface area contributed by atoms with Crippen molar-refractivity contribution in [2.75, 3.05) is 5.32 Å². The summed E-state index contributed by atoms with van der Waals surface area (Å²) in [6.07, 6.45) is 3.38. The summed E-state index contributed by atoms with van der Waals surface area (Å²) in [5.74, 6) is -0.621. The molecule has 1 aromatic carbocycles. The summed E-state index contributed by atoms with van der Waals surface area (Å²) in [5, 5.41) is 2.95. The summed E-state index contributed by atoms with van der Waals surface area (Å²) < 4.78 is 17.6. The minimum absolute atomic E-state index is 0.134. The SMILES string of the molecule is O=C(Nc1ncns1)c1c(F)cccc1C1CC1. The van der Waals surface area contributed by atoms with Crippen molar-refractivity contribution in [2.24, 2.45) is 0 Å². The van der Waals surface area contributed by atoms with E-state index in [1.165, 1.54) is 12.4 Å². The van der Waals surface area contributed by atoms with Crippen molar-refractivity contribution in [1.29, 1.82) is 0 Å². The van der Waals surface area contributed by atoms with E-state index in [1.807, 2.05) is 6.07 Å². The number of carbonyl (C=O) groups is 1. The first-order chi connectivity index (χ1) is 8.75. The summed E-state index contributed by atoms with van der Waals surface area (Å²) >= 11 is 1.07. The molecule has 3 rings (SSSR count). The number of aromatic nitrogens is 2. The lowest BCUT2D eigenvalue weighted by Crippen LogP contribution is -2.16. The van der Waals surface area contributed by atoms with Crippen LogP contribution in [0.2, 0.25) is 0 Å². The first-order valence-electron chi connectivity index (χ1n) is 5.62. The molecule has 1 fully saturated rings. The second kappa shape index (κ2) is 4.45. The number of rotatable bonds is 3. The van der Waals surface area contributed by atoms with Crippen LogP contribution in [0.4, 0.5) is 9.52 Å². The highest BCUT2D eigenvalue weighted by Gasteiger charge is 2.29. The Labute approximate surface area is 107 Å². The van der Waals surface area contributed by atoms with Gasteiger partial charge in [-0.3, -0.25) is 10.1 Å². The smallest absolute Gasteiger partial charge is 0.260 e. The van der Waals surface area contributed by atoms with E-state index in [4.69, 9.17) is 0 Å². The minimum atomic E-state index is -0.485. The fraction of sp³-hybridized carbons (Fsp3) is 0.250. The zero-order valence-corrected chi connectivity index (χ0v) is 10.2. The summed E-state index contributed by atoms with van der Waals surface area (Å²) in [6.45, 7) is 0. The van der Waals surface area contributed by atoms with Gasteiger partial charge in [-0.25, -0.2) is 9.37 Å². The molecule has 1 heterocycles. The van der Waals surface area contributed by atoms with Gasteiger partial charge in [-0.1, -0.05) is 12.1 Å². The zero-order chi connectivity index (χ0) is 12.5. The molecule has 0 aliphatic heterocycles. The summed E-state index contributed by atoms with van der Waals surface area (Å²) in [7, 11) is 0. The van der Waals surface area contributed by atoms with Crippen molar-refractivity contribution in [2.45, 2.75) is 18.8 Å². The Balaban J connectivity index is 1.93. The highest BCUT2D eigenvalue weighted by molar-refractivity contribution is 7.09. The maximum absolute atomic E-state index is 13.8. The zero-order valence-electron chi connectivity index (χ0n) is 9.39. The largest absolute Gasteiger partial charge is 0.296 e. The molecule has 1 amide bonds. The van der Waals surface area contributed by atoms with E-state index < -0.39 is 11.7 Å². The van der Waals surface area contributed by atoms with E-state index in [9.17, 15) is 9.18 Å². The molecule has 0 atom stereocenters. The van der Waals surface area contributed by atoms with Gasteiger partial charge in [0.05, 0.1) is 5.56 Å². The number of carbonyl (C=O) groups excluding carboxylic acids is 1. The van der Waals surface area contributed by atoms with E-state index in [0.717, 1.165) is 29.9 Å². The molecule has 4 nitrogen and oxygen atoms in total. The van der Waals surface area contributed by atoms with Crippen LogP contribution in [-0.2, 0) is 0 Å². The number of halogens is 1. The van der Waals surface area contributed by atoms with Gasteiger partial charge in [0.2, 0.25) is 5.13 Å². The van der Waals surface area contributed by atoms with Crippen LogP contribution in [0.5, 0.6) is 0 Å². The number of nitrogens with zero attached hydrogens (tertiary/aromatic N) is 2. The molecule has 0 saturated heterocycles. The Morgan fingerprint density at radius 3 is 2.94 bits per heavy atom. The summed E-state index contributed by atoms with van der Waals surface area (Å²) in [6, 6.07) is 4.77. The van der Waals surface area contributed by atoms with Gasteiger partial charge in [0.15, 0.2) is 0 Å². The fourth-order valence-corrected chi connectivity index (χ4v) is 2.33. The summed E-state index contributed by atoms with van der Waals surface area (Å²) in [4.78, 5) is 15.9. The predicted octanol–water partition coefficient (Wildman–Crippen LogP) is 2.81. The third-order valence-electron chi connectivity index (χ3n) is 2.87. The third-order valence-corrected chi connectivity index (χ3v) is 3.45. The monoisotopic (exact) mass is 263 g/mol. The Morgan fingerprint density at radius 2 is 2.28 bits per heavy atom. The standard InChI is InChI=1S/C12H10FN3OS/c13-9-3-1-2-8(7-4-5-7)10(9)11(17)16-12-14-6-15-18-12/h1-3,6-7H,4-5H2,(H,14,15,16,17). The van der Waals surface area contributed by atoms with E-state index in [1.54, 1.807) is 6.07 Å². The molecule has 1 saturated carbocycles. The van der Waals surface area contributed by atoms with E-state index in [-0.39, 0.29) is 5.56 Å². The van der Waals surface area contributed by atoms with Gasteiger partial charge in [0.1, 0.15) is 12.1 Å². The van der Waals surface area contributed by atoms with Crippen LogP contribution < -0.4 is 5.32 Å². The Hall–Kier alpha value is -1.82. The number of anilines is 1.